The molecule has 4 nitrogen and oxygen atoms in total. The Labute approximate surface area is 88.2 Å². The Morgan fingerprint density at radius 2 is 2.27 bits per heavy atom. The fourth-order valence-electron chi connectivity index (χ4n) is 1.35. The zero-order chi connectivity index (χ0) is 10.7. The van der Waals surface area contributed by atoms with Gasteiger partial charge >= 0.3 is 5.97 Å². The molecule has 1 fully saturated rings. The number of methoxy groups -OCH3 is 1. The molecule has 4 heteroatoms. The van der Waals surface area contributed by atoms with Gasteiger partial charge in [0.1, 0.15) is 11.9 Å². The molecule has 0 bridgehead atoms. The van der Waals surface area contributed by atoms with Crippen molar-refractivity contribution in [1.29, 1.82) is 0 Å². The second kappa shape index (κ2) is 4.31. The van der Waals surface area contributed by atoms with Crippen molar-refractivity contribution in [3.63, 3.8) is 0 Å². The molecule has 2 rings (SSSR count). The van der Waals surface area contributed by atoms with E-state index >= 15 is 0 Å². The van der Waals surface area contributed by atoms with Crippen LogP contribution in [0.3, 0.4) is 0 Å². The summed E-state index contributed by atoms with van der Waals surface area (Å²) in [6, 6.07) is 7.03. The first-order valence-corrected chi connectivity index (χ1v) is 4.85. The van der Waals surface area contributed by atoms with Crippen molar-refractivity contribution < 1.29 is 14.3 Å². The zero-order valence-electron chi connectivity index (χ0n) is 8.53. The maximum atomic E-state index is 11.2. The van der Waals surface area contributed by atoms with Gasteiger partial charge in [0.2, 0.25) is 0 Å². The van der Waals surface area contributed by atoms with E-state index in [-0.39, 0.29) is 12.1 Å². The topological polar surface area (TPSA) is 47.6 Å². The number of nitrogens with one attached hydrogen (secondary N) is 1. The summed E-state index contributed by atoms with van der Waals surface area (Å²) in [5, 5.41) is 3.11. The Balaban J connectivity index is 2.07. The Morgan fingerprint density at radius 3 is 2.87 bits per heavy atom. The maximum absolute atomic E-state index is 11.2. The third-order valence-corrected chi connectivity index (χ3v) is 2.30. The highest BCUT2D eigenvalue weighted by Crippen LogP contribution is 2.16. The monoisotopic (exact) mass is 207 g/mol. The molecule has 1 saturated heterocycles. The summed E-state index contributed by atoms with van der Waals surface area (Å²) in [4.78, 5) is 11.2. The molecule has 0 aliphatic carbocycles. The third kappa shape index (κ3) is 2.27. The van der Waals surface area contributed by atoms with E-state index in [0.717, 1.165) is 13.1 Å². The number of rotatable bonds is 3. The van der Waals surface area contributed by atoms with E-state index in [4.69, 9.17) is 4.74 Å². The molecule has 1 aliphatic rings. The zero-order valence-corrected chi connectivity index (χ0v) is 8.53. The van der Waals surface area contributed by atoms with Gasteiger partial charge in [-0.05, 0) is 18.2 Å². The predicted octanol–water partition coefficient (Wildman–Crippen LogP) is 0.824. The van der Waals surface area contributed by atoms with Gasteiger partial charge < -0.3 is 14.8 Å². The SMILES string of the molecule is COC(=O)c1cccc(OC2CNC2)c1. The molecule has 0 atom stereocenters. The molecule has 1 heterocycles. The van der Waals surface area contributed by atoms with Gasteiger partial charge in [-0.2, -0.15) is 0 Å². The molecular formula is C11H13NO3. The molecule has 0 unspecified atom stereocenters. The van der Waals surface area contributed by atoms with E-state index in [1.54, 1.807) is 18.2 Å². The quantitative estimate of drug-likeness (QED) is 0.745. The minimum absolute atomic E-state index is 0.220. The molecule has 1 aromatic rings. The first-order valence-electron chi connectivity index (χ1n) is 4.85. The van der Waals surface area contributed by atoms with Crippen LogP contribution in [-0.2, 0) is 4.74 Å². The summed E-state index contributed by atoms with van der Waals surface area (Å²) >= 11 is 0. The number of esters is 1. The van der Waals surface area contributed by atoms with Crippen molar-refractivity contribution in [3.05, 3.63) is 29.8 Å². The maximum Gasteiger partial charge on any atom is 0.337 e. The molecule has 0 saturated carbocycles. The first kappa shape index (κ1) is 9.98. The summed E-state index contributed by atoms with van der Waals surface area (Å²) in [5.74, 6) is 0.372. The van der Waals surface area contributed by atoms with Crippen molar-refractivity contribution in [2.24, 2.45) is 0 Å². The van der Waals surface area contributed by atoms with Crippen LogP contribution >= 0.6 is 0 Å². The molecule has 0 radical (unpaired) electrons. The number of hydrogen-bond acceptors (Lipinski definition) is 4. The average Bonchev–Trinajstić information content (AvgIpc) is 2.23. The van der Waals surface area contributed by atoms with Crippen LogP contribution in [0.25, 0.3) is 0 Å². The Hall–Kier alpha value is -1.55. The fourth-order valence-corrected chi connectivity index (χ4v) is 1.35. The molecule has 80 valence electrons. The number of hydrogen-bond donors (Lipinski definition) is 1. The lowest BCUT2D eigenvalue weighted by atomic mass is 10.2. The Kier molecular flexibility index (Phi) is 2.87. The number of benzene rings is 1. The second-order valence-corrected chi connectivity index (χ2v) is 3.42. The predicted molar refractivity (Wildman–Crippen MR) is 55.1 cm³/mol. The third-order valence-electron chi connectivity index (χ3n) is 2.30. The van der Waals surface area contributed by atoms with Gasteiger partial charge in [-0.1, -0.05) is 6.07 Å². The molecule has 1 N–H and O–H groups in total. The van der Waals surface area contributed by atoms with Crippen molar-refractivity contribution in [3.8, 4) is 5.75 Å². The molecule has 0 spiro atoms. The van der Waals surface area contributed by atoms with Crippen LogP contribution in [0.5, 0.6) is 5.75 Å². The van der Waals surface area contributed by atoms with Crippen molar-refractivity contribution in [2.75, 3.05) is 20.2 Å². The van der Waals surface area contributed by atoms with Gasteiger partial charge in [-0.15, -0.1) is 0 Å². The molecule has 1 aromatic carbocycles. The second-order valence-electron chi connectivity index (χ2n) is 3.42. The highest BCUT2D eigenvalue weighted by Gasteiger charge is 2.18. The summed E-state index contributed by atoms with van der Waals surface area (Å²) in [5.41, 5.74) is 0.516. The van der Waals surface area contributed by atoms with Crippen molar-refractivity contribution >= 4 is 5.97 Å². The number of ether oxygens (including phenoxy) is 2. The molecule has 0 aromatic heterocycles. The van der Waals surface area contributed by atoms with Gasteiger partial charge in [0, 0.05) is 13.1 Å². The van der Waals surface area contributed by atoms with Crippen LogP contribution in [0.2, 0.25) is 0 Å². The van der Waals surface area contributed by atoms with Crippen LogP contribution in [0.15, 0.2) is 24.3 Å². The average molecular weight is 207 g/mol. The van der Waals surface area contributed by atoms with E-state index in [1.807, 2.05) is 6.07 Å². The van der Waals surface area contributed by atoms with E-state index in [0.29, 0.717) is 11.3 Å². The van der Waals surface area contributed by atoms with Crippen LogP contribution < -0.4 is 10.1 Å². The highest BCUT2D eigenvalue weighted by atomic mass is 16.5. The largest absolute Gasteiger partial charge is 0.488 e. The number of carbonyl (C=O) groups is 1. The lowest BCUT2D eigenvalue weighted by Gasteiger charge is -2.27. The van der Waals surface area contributed by atoms with Crippen molar-refractivity contribution in [2.45, 2.75) is 6.10 Å². The minimum Gasteiger partial charge on any atom is -0.488 e. The first-order chi connectivity index (χ1) is 7.29. The summed E-state index contributed by atoms with van der Waals surface area (Å²) in [6.45, 7) is 1.73. The number of carbonyl (C=O) groups excluding carboxylic acids is 1. The molecule has 15 heavy (non-hydrogen) atoms. The summed E-state index contributed by atoms with van der Waals surface area (Å²) in [6.07, 6.45) is 0.220. The molecule has 0 amide bonds. The molecular weight excluding hydrogens is 194 g/mol. The van der Waals surface area contributed by atoms with Crippen LogP contribution in [0, 0.1) is 0 Å². The van der Waals surface area contributed by atoms with Crippen LogP contribution in [-0.4, -0.2) is 32.3 Å². The van der Waals surface area contributed by atoms with Crippen LogP contribution in [0.1, 0.15) is 10.4 Å². The standard InChI is InChI=1S/C11H13NO3/c1-14-11(13)8-3-2-4-9(5-8)15-10-6-12-7-10/h2-5,10,12H,6-7H2,1H3. The smallest absolute Gasteiger partial charge is 0.337 e. The van der Waals surface area contributed by atoms with E-state index in [1.165, 1.54) is 7.11 Å². The minimum atomic E-state index is -0.341. The van der Waals surface area contributed by atoms with E-state index < -0.39 is 0 Å². The Morgan fingerprint density at radius 1 is 1.47 bits per heavy atom. The van der Waals surface area contributed by atoms with Gasteiger partial charge in [0.15, 0.2) is 0 Å². The summed E-state index contributed by atoms with van der Waals surface area (Å²) < 4.78 is 10.2. The highest BCUT2D eigenvalue weighted by molar-refractivity contribution is 5.89. The lowest BCUT2D eigenvalue weighted by molar-refractivity contribution is 0.0599. The summed E-state index contributed by atoms with van der Waals surface area (Å²) in [7, 11) is 1.37. The van der Waals surface area contributed by atoms with E-state index in [9.17, 15) is 4.79 Å². The van der Waals surface area contributed by atoms with Gasteiger partial charge in [-0.3, -0.25) is 0 Å². The lowest BCUT2D eigenvalue weighted by Crippen LogP contribution is -2.50. The Bertz CT molecular complexity index is 361. The normalized spacial score (nSPS) is 15.5. The van der Waals surface area contributed by atoms with Gasteiger partial charge in [0.25, 0.3) is 0 Å². The van der Waals surface area contributed by atoms with E-state index in [2.05, 4.69) is 10.1 Å². The molecule has 1 aliphatic heterocycles. The van der Waals surface area contributed by atoms with Gasteiger partial charge in [-0.25, -0.2) is 4.79 Å². The van der Waals surface area contributed by atoms with Crippen molar-refractivity contribution in [1.82, 2.24) is 5.32 Å². The fraction of sp³-hybridized carbons (Fsp3) is 0.364. The van der Waals surface area contributed by atoms with Gasteiger partial charge in [0.05, 0.1) is 12.7 Å². The van der Waals surface area contributed by atoms with Crippen LogP contribution in [0.4, 0.5) is 0 Å².